The Balaban J connectivity index is 1.06. The molecular formula is C37H25NS2. The highest BCUT2D eigenvalue weighted by Gasteiger charge is 2.15. The number of hydrogen-bond acceptors (Lipinski definition) is 3. The third-order valence-electron chi connectivity index (χ3n) is 7.90. The topological polar surface area (TPSA) is 12.0 Å². The molecule has 1 aliphatic rings. The van der Waals surface area contributed by atoms with E-state index in [-0.39, 0.29) is 0 Å². The number of hydrogen-bond donors (Lipinski definition) is 1. The van der Waals surface area contributed by atoms with Crippen LogP contribution in [0, 0.1) is 19.1 Å². The Hall–Kier alpha value is -4.36. The van der Waals surface area contributed by atoms with Crippen LogP contribution in [-0.2, 0) is 0 Å². The lowest BCUT2D eigenvalue weighted by Gasteiger charge is -2.17. The minimum atomic E-state index is 0.998. The van der Waals surface area contributed by atoms with Gasteiger partial charge in [-0.15, -0.1) is 22.7 Å². The summed E-state index contributed by atoms with van der Waals surface area (Å²) >= 11 is 3.75. The molecule has 40 heavy (non-hydrogen) atoms. The average Bonchev–Trinajstić information content (AvgIpc) is 3.56. The molecule has 0 amide bonds. The number of allylic oxidation sites excluding steroid dienone is 4. The van der Waals surface area contributed by atoms with Crippen LogP contribution in [-0.4, -0.2) is 0 Å². The Labute approximate surface area is 241 Å². The van der Waals surface area contributed by atoms with Gasteiger partial charge in [0, 0.05) is 52.6 Å². The third kappa shape index (κ3) is 3.92. The van der Waals surface area contributed by atoms with E-state index in [0.29, 0.717) is 0 Å². The maximum Gasteiger partial charge on any atom is 0.0524 e. The summed E-state index contributed by atoms with van der Waals surface area (Å²) in [4.78, 5) is 0. The maximum atomic E-state index is 3.66. The highest BCUT2D eigenvalue weighted by molar-refractivity contribution is 7.26. The molecule has 0 aliphatic heterocycles. The van der Waals surface area contributed by atoms with Gasteiger partial charge in [0.05, 0.1) is 4.70 Å². The zero-order valence-electron chi connectivity index (χ0n) is 22.0. The van der Waals surface area contributed by atoms with Gasteiger partial charge in [0.15, 0.2) is 0 Å². The lowest BCUT2D eigenvalue weighted by molar-refractivity contribution is 0.983. The molecule has 1 N–H and O–H groups in total. The molecule has 1 aliphatic carbocycles. The Morgan fingerprint density at radius 2 is 1.52 bits per heavy atom. The van der Waals surface area contributed by atoms with Gasteiger partial charge in [0.2, 0.25) is 0 Å². The fourth-order valence-corrected chi connectivity index (χ4v) is 8.42. The zero-order chi connectivity index (χ0) is 26.6. The highest BCUT2D eigenvalue weighted by atomic mass is 32.1. The molecule has 8 rings (SSSR count). The summed E-state index contributed by atoms with van der Waals surface area (Å²) in [5.74, 6) is 0. The van der Waals surface area contributed by atoms with Crippen LogP contribution in [0.4, 0.5) is 5.69 Å². The van der Waals surface area contributed by atoms with Gasteiger partial charge in [-0.25, -0.2) is 0 Å². The predicted octanol–water partition coefficient (Wildman–Crippen LogP) is 11.2. The van der Waals surface area contributed by atoms with Gasteiger partial charge in [-0.2, -0.15) is 0 Å². The fourth-order valence-electron chi connectivity index (χ4n) is 5.86. The Morgan fingerprint density at radius 1 is 0.700 bits per heavy atom. The fraction of sp³-hybridized carbons (Fsp3) is 0.0811. The quantitative estimate of drug-likeness (QED) is 0.231. The summed E-state index contributed by atoms with van der Waals surface area (Å²) in [6.45, 7) is 2.15. The summed E-state index contributed by atoms with van der Waals surface area (Å²) in [6, 6.07) is 39.6. The van der Waals surface area contributed by atoms with Crippen molar-refractivity contribution in [1.29, 1.82) is 0 Å². The number of thiophene rings is 2. The van der Waals surface area contributed by atoms with Crippen molar-refractivity contribution in [2.45, 2.75) is 19.8 Å². The first-order valence-corrected chi connectivity index (χ1v) is 15.3. The summed E-state index contributed by atoms with van der Waals surface area (Å²) < 4.78 is 5.36. The smallest absolute Gasteiger partial charge is 0.0524 e. The van der Waals surface area contributed by atoms with Crippen molar-refractivity contribution in [1.82, 2.24) is 0 Å². The molecule has 0 unspecified atom stereocenters. The molecule has 5 aromatic carbocycles. The highest BCUT2D eigenvalue weighted by Crippen LogP contribution is 2.41. The van der Waals surface area contributed by atoms with Crippen LogP contribution in [0.5, 0.6) is 0 Å². The number of rotatable bonds is 4. The van der Waals surface area contributed by atoms with E-state index in [1.54, 1.807) is 0 Å². The van der Waals surface area contributed by atoms with Crippen molar-refractivity contribution >= 4 is 74.3 Å². The van der Waals surface area contributed by atoms with Crippen LogP contribution in [0.3, 0.4) is 0 Å². The molecule has 0 radical (unpaired) electrons. The van der Waals surface area contributed by atoms with Crippen molar-refractivity contribution in [3.63, 3.8) is 0 Å². The first-order chi connectivity index (χ1) is 19.7. The van der Waals surface area contributed by atoms with Gasteiger partial charge in [-0.05, 0) is 78.4 Å². The molecule has 7 aromatic rings. The first kappa shape index (κ1) is 23.5. The number of aryl methyl sites for hydroxylation is 1. The Kier molecular flexibility index (Phi) is 5.52. The summed E-state index contributed by atoms with van der Waals surface area (Å²) in [5, 5.41) is 8.94. The zero-order valence-corrected chi connectivity index (χ0v) is 23.7. The molecule has 0 fully saturated rings. The second-order valence-corrected chi connectivity index (χ2v) is 12.6. The van der Waals surface area contributed by atoms with Crippen molar-refractivity contribution in [2.24, 2.45) is 0 Å². The van der Waals surface area contributed by atoms with E-state index >= 15 is 0 Å². The maximum absolute atomic E-state index is 3.66. The molecule has 0 spiro atoms. The third-order valence-corrected chi connectivity index (χ3v) is 10.3. The molecule has 190 valence electrons. The number of anilines is 1. The van der Waals surface area contributed by atoms with E-state index in [4.69, 9.17) is 0 Å². The van der Waals surface area contributed by atoms with Gasteiger partial charge in [-0.3, -0.25) is 0 Å². The molecule has 0 atom stereocenters. The number of nitrogens with one attached hydrogen (secondary N) is 1. The Bertz CT molecular complexity index is 2140. The van der Waals surface area contributed by atoms with Crippen molar-refractivity contribution < 1.29 is 0 Å². The van der Waals surface area contributed by atoms with Crippen molar-refractivity contribution in [2.75, 3.05) is 5.32 Å². The van der Waals surface area contributed by atoms with Gasteiger partial charge in [0.25, 0.3) is 0 Å². The molecule has 2 aromatic heterocycles. The first-order valence-electron chi connectivity index (χ1n) is 13.6. The second kappa shape index (κ2) is 9.38. The van der Waals surface area contributed by atoms with E-state index < -0.39 is 0 Å². The summed E-state index contributed by atoms with van der Waals surface area (Å²) in [6.07, 6.45) is 6.58. The van der Waals surface area contributed by atoms with Crippen molar-refractivity contribution in [3.8, 4) is 11.1 Å². The van der Waals surface area contributed by atoms with Gasteiger partial charge in [0.1, 0.15) is 0 Å². The molecule has 1 nitrogen and oxygen atoms in total. The van der Waals surface area contributed by atoms with Gasteiger partial charge < -0.3 is 5.32 Å². The van der Waals surface area contributed by atoms with Crippen LogP contribution in [0.25, 0.3) is 57.0 Å². The summed E-state index contributed by atoms with van der Waals surface area (Å²) in [5.41, 5.74) is 8.74. The SMILES string of the molecule is Cc1ccc2c(c1)sc1c(-c3ccc(NC4=CC=C(c5cccc6c5sc5ccccc56)CC4)cc3)c#ccc12. The molecule has 0 saturated carbocycles. The van der Waals surface area contributed by atoms with Crippen LogP contribution >= 0.6 is 22.7 Å². The predicted molar refractivity (Wildman–Crippen MR) is 175 cm³/mol. The lowest BCUT2D eigenvalue weighted by Crippen LogP contribution is -2.03. The minimum Gasteiger partial charge on any atom is -0.359 e. The standard InChI is InChI=1S/C37H25NS2/c1-23-12-21-31-33-10-5-8-29(37(33)40-35(31)22-23)25-15-19-27(20-16-25)38-26-17-13-24(14-18-26)28-7-4-9-32-30-6-2-3-11-34(30)39-36(28)32/h2-4,6-7,9-13,15-17,19-22,38H,14,18H2,1H3. The van der Waals surface area contributed by atoms with Crippen LogP contribution in [0.15, 0.2) is 109 Å². The largest absolute Gasteiger partial charge is 0.359 e. The lowest BCUT2D eigenvalue weighted by atomic mass is 9.94. The minimum absolute atomic E-state index is 0.998. The van der Waals surface area contributed by atoms with Crippen LogP contribution in [0.2, 0.25) is 0 Å². The Morgan fingerprint density at radius 3 is 2.40 bits per heavy atom. The van der Waals surface area contributed by atoms with Crippen LogP contribution < -0.4 is 5.32 Å². The normalized spacial score (nSPS) is 13.5. The number of benzene rings is 4. The second-order valence-electron chi connectivity index (χ2n) is 10.5. The van der Waals surface area contributed by atoms with Crippen LogP contribution in [0.1, 0.15) is 24.0 Å². The molecule has 3 heteroatoms. The van der Waals surface area contributed by atoms with E-state index in [1.165, 1.54) is 68.3 Å². The number of fused-ring (bicyclic) bond motifs is 6. The van der Waals surface area contributed by atoms with E-state index in [1.807, 2.05) is 22.7 Å². The van der Waals surface area contributed by atoms with Gasteiger partial charge >= 0.3 is 0 Å². The molecule has 0 saturated heterocycles. The van der Waals surface area contributed by atoms with E-state index in [2.05, 4.69) is 128 Å². The van der Waals surface area contributed by atoms with E-state index in [0.717, 1.165) is 24.1 Å². The molecule has 2 heterocycles. The average molecular weight is 548 g/mol. The van der Waals surface area contributed by atoms with Gasteiger partial charge in [-0.1, -0.05) is 78.9 Å². The summed E-state index contributed by atoms with van der Waals surface area (Å²) in [7, 11) is 0. The molecule has 0 bridgehead atoms. The van der Waals surface area contributed by atoms with E-state index in [9.17, 15) is 0 Å². The monoisotopic (exact) mass is 547 g/mol. The van der Waals surface area contributed by atoms with Crippen molar-refractivity contribution in [3.05, 3.63) is 132 Å². The molecular weight excluding hydrogens is 523 g/mol.